The molecule has 0 bridgehead atoms. The van der Waals surface area contributed by atoms with Crippen molar-refractivity contribution in [2.45, 2.75) is 79.6 Å². The van der Waals surface area contributed by atoms with Crippen LogP contribution in [0, 0.1) is 22.7 Å². The molecule has 166 valence electrons. The third-order valence-corrected chi connectivity index (χ3v) is 6.52. The highest BCUT2D eigenvalue weighted by atomic mass is 16.7. The second-order valence-electron chi connectivity index (χ2n) is 10.9. The SMILES string of the molecule is COC1CC(C(C)(C)C)CN(OCC(C)(C)C2CC(OC(C)C)CN(O)C2)C1. The highest BCUT2D eigenvalue weighted by Gasteiger charge is 2.40. The summed E-state index contributed by atoms with van der Waals surface area (Å²) in [6.45, 7) is 19.1. The third kappa shape index (κ3) is 6.92. The third-order valence-electron chi connectivity index (χ3n) is 6.52. The van der Waals surface area contributed by atoms with Crippen molar-refractivity contribution in [3.8, 4) is 0 Å². The maximum absolute atomic E-state index is 10.2. The maximum atomic E-state index is 10.2. The minimum atomic E-state index is -0.0583. The molecule has 4 unspecified atom stereocenters. The van der Waals surface area contributed by atoms with Crippen molar-refractivity contribution in [3.63, 3.8) is 0 Å². The quantitative estimate of drug-likeness (QED) is 0.701. The summed E-state index contributed by atoms with van der Waals surface area (Å²) in [5.74, 6) is 0.858. The molecule has 0 radical (unpaired) electrons. The molecule has 0 aromatic heterocycles. The van der Waals surface area contributed by atoms with Gasteiger partial charge in [0, 0.05) is 20.2 Å². The van der Waals surface area contributed by atoms with Crippen LogP contribution in [0.2, 0.25) is 0 Å². The van der Waals surface area contributed by atoms with Crippen LogP contribution in [-0.4, -0.2) is 73.5 Å². The van der Waals surface area contributed by atoms with E-state index in [4.69, 9.17) is 14.3 Å². The van der Waals surface area contributed by atoms with Crippen LogP contribution < -0.4 is 0 Å². The van der Waals surface area contributed by atoms with E-state index < -0.39 is 0 Å². The van der Waals surface area contributed by atoms with Crippen molar-refractivity contribution in [1.82, 2.24) is 10.1 Å². The number of methoxy groups -OCH3 is 1. The second-order valence-corrected chi connectivity index (χ2v) is 10.9. The molecule has 0 spiro atoms. The molecule has 0 aromatic carbocycles. The summed E-state index contributed by atoms with van der Waals surface area (Å²) in [5, 5.41) is 13.7. The molecule has 2 saturated heterocycles. The van der Waals surface area contributed by atoms with Gasteiger partial charge >= 0.3 is 0 Å². The first-order valence-corrected chi connectivity index (χ1v) is 10.9. The minimum absolute atomic E-state index is 0.0583. The number of ether oxygens (including phenoxy) is 2. The minimum Gasteiger partial charge on any atom is -0.380 e. The molecular weight excluding hydrogens is 356 g/mol. The normalized spacial score (nSPS) is 31.5. The van der Waals surface area contributed by atoms with E-state index in [1.807, 2.05) is 13.8 Å². The first-order chi connectivity index (χ1) is 12.9. The Morgan fingerprint density at radius 2 is 1.57 bits per heavy atom. The summed E-state index contributed by atoms with van der Waals surface area (Å²) in [4.78, 5) is 6.32. The summed E-state index contributed by atoms with van der Waals surface area (Å²) >= 11 is 0. The predicted octanol–water partition coefficient (Wildman–Crippen LogP) is 3.83. The van der Waals surface area contributed by atoms with Gasteiger partial charge in [0.25, 0.3) is 0 Å². The molecule has 2 rings (SSSR count). The molecule has 2 fully saturated rings. The number of hydrogen-bond donors (Lipinski definition) is 1. The van der Waals surface area contributed by atoms with Gasteiger partial charge in [0.1, 0.15) is 0 Å². The van der Waals surface area contributed by atoms with Crippen LogP contribution >= 0.6 is 0 Å². The summed E-state index contributed by atoms with van der Waals surface area (Å²) in [6.07, 6.45) is 2.50. The van der Waals surface area contributed by atoms with Crippen LogP contribution in [0.4, 0.5) is 0 Å². The molecule has 4 atom stereocenters. The highest BCUT2D eigenvalue weighted by molar-refractivity contribution is 4.87. The standard InChI is InChI=1S/C22H44N2O4/c1-16(2)28-20-10-18(11-23(25)13-20)22(6,7)15-27-24-12-17(21(3,4)5)9-19(14-24)26-8/h16-20,25H,9-15H2,1-8H3. The van der Waals surface area contributed by atoms with E-state index in [-0.39, 0.29) is 29.1 Å². The average molecular weight is 401 g/mol. The zero-order valence-corrected chi connectivity index (χ0v) is 19.4. The fourth-order valence-electron chi connectivity index (χ4n) is 4.37. The summed E-state index contributed by atoms with van der Waals surface area (Å²) in [7, 11) is 1.80. The van der Waals surface area contributed by atoms with Gasteiger partial charge in [-0.3, -0.25) is 4.84 Å². The molecule has 0 amide bonds. The molecule has 6 nitrogen and oxygen atoms in total. The zero-order chi connectivity index (χ0) is 21.1. The lowest BCUT2D eigenvalue weighted by Gasteiger charge is -2.45. The van der Waals surface area contributed by atoms with Crippen molar-refractivity contribution in [3.05, 3.63) is 0 Å². The summed E-state index contributed by atoms with van der Waals surface area (Å²) < 4.78 is 11.7. The molecule has 2 aliphatic rings. The Bertz CT molecular complexity index is 476. The fraction of sp³-hybridized carbons (Fsp3) is 1.00. The van der Waals surface area contributed by atoms with E-state index in [9.17, 15) is 5.21 Å². The van der Waals surface area contributed by atoms with E-state index in [1.165, 1.54) is 5.06 Å². The Morgan fingerprint density at radius 3 is 2.14 bits per heavy atom. The average Bonchev–Trinajstić information content (AvgIpc) is 2.58. The van der Waals surface area contributed by atoms with Gasteiger partial charge in [0.15, 0.2) is 0 Å². The Hall–Kier alpha value is -0.240. The van der Waals surface area contributed by atoms with Crippen molar-refractivity contribution in [2.75, 3.05) is 39.9 Å². The van der Waals surface area contributed by atoms with Gasteiger partial charge in [-0.1, -0.05) is 34.6 Å². The van der Waals surface area contributed by atoms with E-state index in [2.05, 4.69) is 39.7 Å². The van der Waals surface area contributed by atoms with Crippen LogP contribution in [0.25, 0.3) is 0 Å². The molecule has 2 heterocycles. The van der Waals surface area contributed by atoms with Gasteiger partial charge in [-0.2, -0.15) is 10.1 Å². The van der Waals surface area contributed by atoms with Crippen LogP contribution in [0.3, 0.4) is 0 Å². The molecule has 2 aliphatic heterocycles. The Balaban J connectivity index is 1.95. The van der Waals surface area contributed by atoms with Crippen molar-refractivity contribution in [1.29, 1.82) is 0 Å². The van der Waals surface area contributed by atoms with E-state index >= 15 is 0 Å². The van der Waals surface area contributed by atoms with Gasteiger partial charge in [-0.25, -0.2) is 0 Å². The number of nitrogens with zero attached hydrogens (tertiary/aromatic N) is 2. The van der Waals surface area contributed by atoms with Crippen molar-refractivity contribution < 1.29 is 19.5 Å². The first-order valence-electron chi connectivity index (χ1n) is 10.9. The largest absolute Gasteiger partial charge is 0.380 e. The molecule has 0 aromatic rings. The topological polar surface area (TPSA) is 54.4 Å². The highest BCUT2D eigenvalue weighted by Crippen LogP contribution is 2.37. The Labute approximate surface area is 172 Å². The number of hydroxylamine groups is 4. The van der Waals surface area contributed by atoms with Crippen LogP contribution in [0.1, 0.15) is 61.3 Å². The summed E-state index contributed by atoms with van der Waals surface area (Å²) in [5.41, 5.74) is 0.174. The number of hydrogen-bond acceptors (Lipinski definition) is 6. The lowest BCUT2D eigenvalue weighted by Crippen LogP contribution is -2.51. The maximum Gasteiger partial charge on any atom is 0.0739 e. The van der Waals surface area contributed by atoms with Crippen molar-refractivity contribution >= 4 is 0 Å². The smallest absolute Gasteiger partial charge is 0.0739 e. The molecule has 1 N–H and O–H groups in total. The van der Waals surface area contributed by atoms with Crippen molar-refractivity contribution in [2.24, 2.45) is 22.7 Å². The van der Waals surface area contributed by atoms with Crippen LogP contribution in [0.5, 0.6) is 0 Å². The van der Waals surface area contributed by atoms with Gasteiger partial charge in [-0.05, 0) is 49.4 Å². The fourth-order valence-corrected chi connectivity index (χ4v) is 4.37. The monoisotopic (exact) mass is 400 g/mol. The second kappa shape index (κ2) is 9.71. The van der Waals surface area contributed by atoms with Gasteiger partial charge < -0.3 is 14.7 Å². The first kappa shape index (κ1) is 24.0. The number of rotatable bonds is 7. The molecule has 6 heteroatoms. The van der Waals surface area contributed by atoms with Gasteiger partial charge in [0.05, 0.1) is 38.0 Å². The molecule has 0 saturated carbocycles. The zero-order valence-electron chi connectivity index (χ0n) is 19.4. The Morgan fingerprint density at radius 1 is 0.929 bits per heavy atom. The van der Waals surface area contributed by atoms with E-state index in [1.54, 1.807) is 7.11 Å². The van der Waals surface area contributed by atoms with E-state index in [0.29, 0.717) is 31.5 Å². The predicted molar refractivity (Wildman–Crippen MR) is 111 cm³/mol. The van der Waals surface area contributed by atoms with Gasteiger partial charge in [0.2, 0.25) is 0 Å². The molecular formula is C22H44N2O4. The van der Waals surface area contributed by atoms with E-state index in [0.717, 1.165) is 25.9 Å². The summed E-state index contributed by atoms with van der Waals surface area (Å²) in [6, 6.07) is 0. The van der Waals surface area contributed by atoms with Gasteiger partial charge in [-0.15, -0.1) is 0 Å². The lowest BCUT2D eigenvalue weighted by molar-refractivity contribution is -0.236. The number of piperidine rings is 2. The van der Waals surface area contributed by atoms with Crippen LogP contribution in [0.15, 0.2) is 0 Å². The van der Waals surface area contributed by atoms with Crippen LogP contribution in [-0.2, 0) is 14.3 Å². The Kier molecular flexibility index (Phi) is 8.34. The lowest BCUT2D eigenvalue weighted by atomic mass is 9.74. The molecule has 0 aliphatic carbocycles. The molecule has 28 heavy (non-hydrogen) atoms.